The predicted molar refractivity (Wildman–Crippen MR) is 63.8 cm³/mol. The minimum atomic E-state index is 0.0544. The van der Waals surface area contributed by atoms with Crippen molar-refractivity contribution in [2.45, 2.75) is 20.0 Å². The average molecular weight is 272 g/mol. The Balaban J connectivity index is 2.95. The Morgan fingerprint density at radius 2 is 2.27 bits per heavy atom. The maximum absolute atomic E-state index is 9.39. The molecule has 0 saturated carbocycles. The van der Waals surface area contributed by atoms with Crippen molar-refractivity contribution in [1.29, 1.82) is 0 Å². The van der Waals surface area contributed by atoms with Crippen LogP contribution in [0, 0.1) is 6.92 Å². The second kappa shape index (κ2) is 5.28. The first-order valence-electron chi connectivity index (χ1n) is 4.61. The molecule has 1 aromatic rings. The topological polar surface area (TPSA) is 42.4 Å². The largest absolute Gasteiger partial charge is 0.505 e. The van der Waals surface area contributed by atoms with Gasteiger partial charge in [0, 0.05) is 7.11 Å². The number of aromatic hydroxyl groups is 1. The first-order valence-corrected chi connectivity index (χ1v) is 5.41. The highest BCUT2D eigenvalue weighted by atomic mass is 79.9. The number of hydrogen-bond donors (Lipinski definition) is 1. The van der Waals surface area contributed by atoms with Gasteiger partial charge in [0.1, 0.15) is 10.4 Å². The molecule has 0 bridgehead atoms. The van der Waals surface area contributed by atoms with Crippen LogP contribution >= 0.6 is 15.9 Å². The number of aryl methyl sites for hydroxylation is 1. The number of halogens is 1. The number of aromatic nitrogens is 1. The fraction of sp³-hybridized carbons (Fsp3) is 0.364. The minimum absolute atomic E-state index is 0.0544. The first kappa shape index (κ1) is 12.2. The van der Waals surface area contributed by atoms with Crippen molar-refractivity contribution in [3.63, 3.8) is 0 Å². The van der Waals surface area contributed by atoms with Crippen LogP contribution in [0.4, 0.5) is 0 Å². The smallest absolute Gasteiger partial charge is 0.148 e. The van der Waals surface area contributed by atoms with Crippen LogP contribution in [0.5, 0.6) is 5.75 Å². The SMILES string of the molecule is COC(C)/C=C\c1nc(Br)c(O)cc1C. The Bertz CT molecular complexity index is 377. The molecule has 0 aliphatic heterocycles. The number of pyridine rings is 1. The normalized spacial score (nSPS) is 13.3. The van der Waals surface area contributed by atoms with Crippen molar-refractivity contribution in [3.05, 3.63) is 28.0 Å². The van der Waals surface area contributed by atoms with Gasteiger partial charge in [-0.25, -0.2) is 4.98 Å². The maximum Gasteiger partial charge on any atom is 0.148 e. The molecule has 1 N–H and O–H groups in total. The Morgan fingerprint density at radius 1 is 1.60 bits per heavy atom. The molecule has 1 atom stereocenters. The monoisotopic (exact) mass is 271 g/mol. The standard InChI is InChI=1S/C11H14BrNO2/c1-7-6-10(14)11(12)13-9(7)5-4-8(2)15-3/h4-6,8,14H,1-3H3/b5-4-. The number of hydrogen-bond acceptors (Lipinski definition) is 3. The van der Waals surface area contributed by atoms with Gasteiger partial charge in [-0.2, -0.15) is 0 Å². The van der Waals surface area contributed by atoms with Crippen LogP contribution in [-0.2, 0) is 4.74 Å². The molecule has 1 rings (SSSR count). The van der Waals surface area contributed by atoms with Gasteiger partial charge in [0.2, 0.25) is 0 Å². The van der Waals surface area contributed by atoms with E-state index < -0.39 is 0 Å². The lowest BCUT2D eigenvalue weighted by Gasteiger charge is -2.05. The van der Waals surface area contributed by atoms with Crippen molar-refractivity contribution in [2.75, 3.05) is 7.11 Å². The van der Waals surface area contributed by atoms with Gasteiger partial charge in [-0.15, -0.1) is 0 Å². The molecule has 3 nitrogen and oxygen atoms in total. The maximum atomic E-state index is 9.39. The van der Waals surface area contributed by atoms with Crippen molar-refractivity contribution in [3.8, 4) is 5.75 Å². The van der Waals surface area contributed by atoms with Gasteiger partial charge in [0.05, 0.1) is 11.8 Å². The lowest BCUT2D eigenvalue weighted by atomic mass is 10.2. The molecule has 0 saturated heterocycles. The summed E-state index contributed by atoms with van der Waals surface area (Å²) in [5, 5.41) is 9.39. The number of nitrogens with zero attached hydrogens (tertiary/aromatic N) is 1. The highest BCUT2D eigenvalue weighted by Crippen LogP contribution is 2.24. The molecule has 1 heterocycles. The molecule has 0 aromatic carbocycles. The third-order valence-electron chi connectivity index (χ3n) is 2.08. The first-order chi connectivity index (χ1) is 7.04. The van der Waals surface area contributed by atoms with E-state index in [1.54, 1.807) is 13.2 Å². The summed E-state index contributed by atoms with van der Waals surface area (Å²) in [6, 6.07) is 1.67. The second-order valence-electron chi connectivity index (χ2n) is 3.30. The molecular weight excluding hydrogens is 258 g/mol. The minimum Gasteiger partial charge on any atom is -0.505 e. The molecule has 0 aliphatic rings. The molecule has 1 unspecified atom stereocenters. The van der Waals surface area contributed by atoms with Crippen LogP contribution in [0.1, 0.15) is 18.2 Å². The molecule has 0 fully saturated rings. The number of methoxy groups -OCH3 is 1. The molecule has 0 spiro atoms. The van der Waals surface area contributed by atoms with Gasteiger partial charge >= 0.3 is 0 Å². The van der Waals surface area contributed by atoms with Crippen molar-refractivity contribution >= 4 is 22.0 Å². The molecule has 0 aliphatic carbocycles. The van der Waals surface area contributed by atoms with Crippen molar-refractivity contribution in [1.82, 2.24) is 4.98 Å². The third-order valence-corrected chi connectivity index (χ3v) is 2.67. The Labute approximate surface area is 97.9 Å². The summed E-state index contributed by atoms with van der Waals surface area (Å²) in [6.07, 6.45) is 3.85. The summed E-state index contributed by atoms with van der Waals surface area (Å²) < 4.78 is 5.55. The lowest BCUT2D eigenvalue weighted by Crippen LogP contribution is -1.99. The van der Waals surface area contributed by atoms with E-state index in [1.807, 2.05) is 26.0 Å². The van der Waals surface area contributed by atoms with E-state index >= 15 is 0 Å². The van der Waals surface area contributed by atoms with Gasteiger partial charge in [-0.05, 0) is 47.5 Å². The van der Waals surface area contributed by atoms with Crippen LogP contribution in [0.3, 0.4) is 0 Å². The van der Waals surface area contributed by atoms with Gasteiger partial charge in [-0.3, -0.25) is 0 Å². The van der Waals surface area contributed by atoms with E-state index in [4.69, 9.17) is 4.74 Å². The van der Waals surface area contributed by atoms with Crippen LogP contribution in [0.15, 0.2) is 16.7 Å². The zero-order valence-corrected chi connectivity index (χ0v) is 10.6. The number of ether oxygens (including phenoxy) is 1. The van der Waals surface area contributed by atoms with Crippen molar-refractivity contribution in [2.24, 2.45) is 0 Å². The fourth-order valence-corrected chi connectivity index (χ4v) is 1.37. The molecule has 0 radical (unpaired) electrons. The lowest BCUT2D eigenvalue weighted by molar-refractivity contribution is 0.157. The van der Waals surface area contributed by atoms with Gasteiger partial charge in [0.15, 0.2) is 0 Å². The fourth-order valence-electron chi connectivity index (χ4n) is 1.06. The van der Waals surface area contributed by atoms with E-state index in [1.165, 1.54) is 0 Å². The zero-order chi connectivity index (χ0) is 11.4. The summed E-state index contributed by atoms with van der Waals surface area (Å²) in [5.41, 5.74) is 1.75. The van der Waals surface area contributed by atoms with Gasteiger partial charge in [-0.1, -0.05) is 6.08 Å². The van der Waals surface area contributed by atoms with E-state index in [2.05, 4.69) is 20.9 Å². The Kier molecular flexibility index (Phi) is 4.29. The van der Waals surface area contributed by atoms with Crippen molar-refractivity contribution < 1.29 is 9.84 Å². The van der Waals surface area contributed by atoms with E-state index in [0.717, 1.165) is 11.3 Å². The number of rotatable bonds is 3. The third kappa shape index (κ3) is 3.32. The average Bonchev–Trinajstić information content (AvgIpc) is 2.21. The van der Waals surface area contributed by atoms with Crippen LogP contribution in [-0.4, -0.2) is 23.3 Å². The molecule has 82 valence electrons. The van der Waals surface area contributed by atoms with Crippen LogP contribution < -0.4 is 0 Å². The van der Waals surface area contributed by atoms with Gasteiger partial charge < -0.3 is 9.84 Å². The Morgan fingerprint density at radius 3 is 2.87 bits per heavy atom. The second-order valence-corrected chi connectivity index (χ2v) is 4.05. The summed E-state index contributed by atoms with van der Waals surface area (Å²) in [4.78, 5) is 4.20. The molecule has 0 amide bonds. The summed E-state index contributed by atoms with van der Waals surface area (Å²) in [5.74, 6) is 0.157. The van der Waals surface area contributed by atoms with Crippen LogP contribution in [0.25, 0.3) is 6.08 Å². The van der Waals surface area contributed by atoms with E-state index in [9.17, 15) is 5.11 Å². The summed E-state index contributed by atoms with van der Waals surface area (Å²) in [7, 11) is 1.65. The molecular formula is C11H14BrNO2. The molecule has 1 aromatic heterocycles. The Hall–Kier alpha value is -0.870. The summed E-state index contributed by atoms with van der Waals surface area (Å²) >= 11 is 3.18. The molecule has 15 heavy (non-hydrogen) atoms. The van der Waals surface area contributed by atoms with Crippen LogP contribution in [0.2, 0.25) is 0 Å². The predicted octanol–water partition coefficient (Wildman–Crippen LogP) is 2.91. The quantitative estimate of drug-likeness (QED) is 0.860. The zero-order valence-electron chi connectivity index (χ0n) is 8.99. The van der Waals surface area contributed by atoms with E-state index in [-0.39, 0.29) is 11.9 Å². The highest BCUT2D eigenvalue weighted by Gasteiger charge is 2.04. The molecule has 4 heteroatoms. The van der Waals surface area contributed by atoms with E-state index in [0.29, 0.717) is 4.60 Å². The van der Waals surface area contributed by atoms with Gasteiger partial charge in [0.25, 0.3) is 0 Å². The highest BCUT2D eigenvalue weighted by molar-refractivity contribution is 9.10. The summed E-state index contributed by atoms with van der Waals surface area (Å²) in [6.45, 7) is 3.84.